The molecular weight excluding hydrogens is 296 g/mol. The Morgan fingerprint density at radius 2 is 2.00 bits per heavy atom. The first-order valence-corrected chi connectivity index (χ1v) is 7.12. The number of methoxy groups -OCH3 is 1. The largest absolute Gasteiger partial charge is 0.496 e. The molecule has 7 heteroatoms. The Hall–Kier alpha value is -3.09. The fraction of sp³-hybridized carbons (Fsp3) is 0.188. The number of nitro groups is 1. The average molecular weight is 312 g/mol. The molecule has 0 aliphatic rings. The molecule has 23 heavy (non-hydrogen) atoms. The van der Waals surface area contributed by atoms with Crippen LogP contribution in [0.25, 0.3) is 5.65 Å². The van der Waals surface area contributed by atoms with Crippen molar-refractivity contribution in [1.29, 1.82) is 0 Å². The Kier molecular flexibility index (Phi) is 3.84. The summed E-state index contributed by atoms with van der Waals surface area (Å²) >= 11 is 0. The Bertz CT molecular complexity index is 859. The summed E-state index contributed by atoms with van der Waals surface area (Å²) in [5, 5.41) is 14.5. The molecular formula is C16H16N4O3. The minimum Gasteiger partial charge on any atom is -0.496 e. The number of hydrogen-bond acceptors (Lipinski definition) is 5. The molecule has 3 rings (SSSR count). The lowest BCUT2D eigenvalue weighted by molar-refractivity contribution is -0.389. The number of rotatable bonds is 5. The van der Waals surface area contributed by atoms with Gasteiger partial charge in [0.2, 0.25) is 11.5 Å². The zero-order chi connectivity index (χ0) is 16.4. The molecule has 118 valence electrons. The molecule has 1 atom stereocenters. The van der Waals surface area contributed by atoms with Crippen LogP contribution in [0.5, 0.6) is 5.75 Å². The normalized spacial score (nSPS) is 12.1. The highest BCUT2D eigenvalue weighted by Gasteiger charge is 2.24. The molecule has 0 radical (unpaired) electrons. The number of anilines is 1. The Labute approximate surface area is 132 Å². The molecule has 0 amide bonds. The van der Waals surface area contributed by atoms with Crippen LogP contribution in [0.4, 0.5) is 11.6 Å². The van der Waals surface area contributed by atoms with Crippen LogP contribution in [-0.2, 0) is 0 Å². The first kappa shape index (κ1) is 14.8. The van der Waals surface area contributed by atoms with Gasteiger partial charge in [0.25, 0.3) is 0 Å². The molecule has 2 heterocycles. The van der Waals surface area contributed by atoms with Crippen molar-refractivity contribution >= 4 is 17.3 Å². The minimum absolute atomic E-state index is 0.0812. The number of ether oxygens (including phenoxy) is 1. The Morgan fingerprint density at radius 3 is 2.74 bits per heavy atom. The third-order valence-electron chi connectivity index (χ3n) is 3.64. The molecule has 0 aliphatic heterocycles. The summed E-state index contributed by atoms with van der Waals surface area (Å²) in [6.45, 7) is 1.91. The quantitative estimate of drug-likeness (QED) is 0.576. The second-order valence-corrected chi connectivity index (χ2v) is 5.08. The number of imidazole rings is 1. The maximum absolute atomic E-state index is 11.4. The van der Waals surface area contributed by atoms with Gasteiger partial charge in [-0.05, 0) is 24.0 Å². The van der Waals surface area contributed by atoms with E-state index < -0.39 is 4.92 Å². The van der Waals surface area contributed by atoms with Crippen LogP contribution in [0.3, 0.4) is 0 Å². The molecule has 0 saturated carbocycles. The molecule has 0 saturated heterocycles. The van der Waals surface area contributed by atoms with E-state index in [0.29, 0.717) is 5.65 Å². The summed E-state index contributed by atoms with van der Waals surface area (Å²) in [5.74, 6) is 0.876. The minimum atomic E-state index is -0.433. The summed E-state index contributed by atoms with van der Waals surface area (Å²) in [4.78, 5) is 15.3. The molecule has 3 aromatic rings. The van der Waals surface area contributed by atoms with E-state index in [0.717, 1.165) is 11.3 Å². The summed E-state index contributed by atoms with van der Waals surface area (Å²) in [7, 11) is 1.60. The number of fused-ring (bicyclic) bond motifs is 1. The van der Waals surface area contributed by atoms with Gasteiger partial charge in [0, 0.05) is 11.6 Å². The molecule has 0 aliphatic carbocycles. The second-order valence-electron chi connectivity index (χ2n) is 5.08. The molecule has 0 fully saturated rings. The van der Waals surface area contributed by atoms with E-state index in [1.54, 1.807) is 31.5 Å². The first-order chi connectivity index (χ1) is 11.1. The number of para-hydroxylation sites is 1. The van der Waals surface area contributed by atoms with Crippen molar-refractivity contribution in [3.63, 3.8) is 0 Å². The van der Waals surface area contributed by atoms with Crippen LogP contribution >= 0.6 is 0 Å². The van der Waals surface area contributed by atoms with E-state index in [4.69, 9.17) is 4.74 Å². The molecule has 1 unspecified atom stereocenters. The van der Waals surface area contributed by atoms with E-state index in [-0.39, 0.29) is 17.7 Å². The molecule has 7 nitrogen and oxygen atoms in total. The van der Waals surface area contributed by atoms with Gasteiger partial charge < -0.3 is 20.2 Å². The van der Waals surface area contributed by atoms with Gasteiger partial charge in [-0.3, -0.25) is 0 Å². The number of benzene rings is 1. The lowest BCUT2D eigenvalue weighted by Gasteiger charge is -2.16. The number of nitrogens with one attached hydrogen (secondary N) is 1. The first-order valence-electron chi connectivity index (χ1n) is 7.12. The lowest BCUT2D eigenvalue weighted by atomic mass is 10.1. The predicted octanol–water partition coefficient (Wildman–Crippen LogP) is 3.42. The summed E-state index contributed by atoms with van der Waals surface area (Å²) in [6.07, 6.45) is 1.62. The highest BCUT2D eigenvalue weighted by atomic mass is 16.6. The van der Waals surface area contributed by atoms with Crippen molar-refractivity contribution in [1.82, 2.24) is 9.38 Å². The standard InChI is InChI=1S/C16H16N4O3/c1-11(12-7-3-4-8-13(12)23-2)17-15-16(20(21)22)19-10-6-5-9-14(19)18-15/h3-11,17H,1-2H3. The van der Waals surface area contributed by atoms with E-state index >= 15 is 0 Å². The van der Waals surface area contributed by atoms with Gasteiger partial charge in [0.05, 0.1) is 19.3 Å². The van der Waals surface area contributed by atoms with Crippen LogP contribution in [0.1, 0.15) is 18.5 Å². The van der Waals surface area contributed by atoms with Crippen LogP contribution in [0.2, 0.25) is 0 Å². The van der Waals surface area contributed by atoms with Crippen LogP contribution in [0, 0.1) is 10.1 Å². The molecule has 2 aromatic heterocycles. The van der Waals surface area contributed by atoms with Crippen molar-refractivity contribution in [3.05, 3.63) is 64.3 Å². The highest BCUT2D eigenvalue weighted by Crippen LogP contribution is 2.31. The van der Waals surface area contributed by atoms with Gasteiger partial charge in [-0.1, -0.05) is 24.3 Å². The van der Waals surface area contributed by atoms with E-state index in [1.165, 1.54) is 4.40 Å². The van der Waals surface area contributed by atoms with Crippen molar-refractivity contribution in [2.75, 3.05) is 12.4 Å². The highest BCUT2D eigenvalue weighted by molar-refractivity contribution is 5.63. The Balaban J connectivity index is 2.01. The van der Waals surface area contributed by atoms with Crippen LogP contribution < -0.4 is 10.1 Å². The summed E-state index contributed by atoms with van der Waals surface area (Å²) in [5.41, 5.74) is 1.43. The number of hydrogen-bond donors (Lipinski definition) is 1. The van der Waals surface area contributed by atoms with Gasteiger partial charge in [-0.15, -0.1) is 0 Å². The second kappa shape index (κ2) is 5.96. The molecule has 0 spiro atoms. The van der Waals surface area contributed by atoms with E-state index in [1.807, 2.05) is 31.2 Å². The number of aromatic nitrogens is 2. The van der Waals surface area contributed by atoms with Crippen LogP contribution in [-0.4, -0.2) is 21.4 Å². The van der Waals surface area contributed by atoms with E-state index in [9.17, 15) is 10.1 Å². The topological polar surface area (TPSA) is 81.7 Å². The maximum Gasteiger partial charge on any atom is 0.372 e. The average Bonchev–Trinajstić information content (AvgIpc) is 2.92. The Morgan fingerprint density at radius 1 is 1.26 bits per heavy atom. The zero-order valence-electron chi connectivity index (χ0n) is 12.8. The van der Waals surface area contributed by atoms with Crippen molar-refractivity contribution < 1.29 is 9.66 Å². The number of pyridine rings is 1. The maximum atomic E-state index is 11.4. The third kappa shape index (κ3) is 2.68. The lowest BCUT2D eigenvalue weighted by Crippen LogP contribution is -2.10. The predicted molar refractivity (Wildman–Crippen MR) is 86.9 cm³/mol. The molecule has 0 bridgehead atoms. The fourth-order valence-corrected chi connectivity index (χ4v) is 2.56. The summed E-state index contributed by atoms with van der Waals surface area (Å²) < 4.78 is 6.80. The van der Waals surface area contributed by atoms with Gasteiger partial charge in [-0.2, -0.15) is 9.38 Å². The van der Waals surface area contributed by atoms with Gasteiger partial charge in [0.1, 0.15) is 5.75 Å². The van der Waals surface area contributed by atoms with Crippen molar-refractivity contribution in [2.45, 2.75) is 13.0 Å². The van der Waals surface area contributed by atoms with E-state index in [2.05, 4.69) is 10.3 Å². The SMILES string of the molecule is COc1ccccc1C(C)Nc1nc2ccccn2c1[N+](=O)[O-]. The summed E-state index contributed by atoms with van der Waals surface area (Å²) in [6, 6.07) is 12.6. The van der Waals surface area contributed by atoms with Gasteiger partial charge in [0.15, 0.2) is 0 Å². The smallest absolute Gasteiger partial charge is 0.372 e. The zero-order valence-corrected chi connectivity index (χ0v) is 12.8. The van der Waals surface area contributed by atoms with Crippen molar-refractivity contribution in [3.8, 4) is 5.75 Å². The number of nitrogens with zero attached hydrogens (tertiary/aromatic N) is 3. The monoisotopic (exact) mass is 312 g/mol. The fourth-order valence-electron chi connectivity index (χ4n) is 2.56. The molecule has 1 aromatic carbocycles. The van der Waals surface area contributed by atoms with Gasteiger partial charge in [-0.25, -0.2) is 0 Å². The van der Waals surface area contributed by atoms with Crippen molar-refractivity contribution in [2.24, 2.45) is 0 Å². The van der Waals surface area contributed by atoms with Crippen LogP contribution in [0.15, 0.2) is 48.7 Å². The molecule has 1 N–H and O–H groups in total. The van der Waals surface area contributed by atoms with Gasteiger partial charge >= 0.3 is 5.82 Å². The third-order valence-corrected chi connectivity index (χ3v) is 3.64.